The Balaban J connectivity index is 1.59. The van der Waals surface area contributed by atoms with Crippen LogP contribution in [0.15, 0.2) is 43.2 Å². The van der Waals surface area contributed by atoms with Gasteiger partial charge in [0.2, 0.25) is 5.91 Å². The molecule has 3 heterocycles. The molecule has 0 aliphatic carbocycles. The fourth-order valence-corrected chi connectivity index (χ4v) is 3.59. The molecule has 1 saturated heterocycles. The van der Waals surface area contributed by atoms with Crippen molar-refractivity contribution >= 4 is 22.8 Å². The third kappa shape index (κ3) is 4.33. The number of halogens is 1. The highest BCUT2D eigenvalue weighted by Gasteiger charge is 2.27. The minimum Gasteiger partial charge on any atom is -0.481 e. The molecule has 0 radical (unpaired) electrons. The van der Waals surface area contributed by atoms with E-state index in [9.17, 15) is 9.18 Å². The van der Waals surface area contributed by atoms with Gasteiger partial charge in [-0.2, -0.15) is 5.10 Å². The minimum absolute atomic E-state index is 0.0551. The maximum absolute atomic E-state index is 13.0. The van der Waals surface area contributed by atoms with Crippen molar-refractivity contribution in [2.45, 2.75) is 18.9 Å². The smallest absolute Gasteiger partial charge is 0.246 e. The standard InChI is InChI=1S/C22H21FN6O2/c1-2-19(30)28-11-3-5-16(13-28)29-22-20(21(24)25-14-26-22)18(27-29)6-4-12-31-17-9-7-15(23)8-10-17/h2,7-10,14,16H,1,3,5,11-13H2,(H2,24,25,26)/t16-/m1/s1. The number of nitrogens with two attached hydrogens (primary N) is 1. The lowest BCUT2D eigenvalue weighted by Crippen LogP contribution is -2.40. The lowest BCUT2D eigenvalue weighted by Gasteiger charge is -2.32. The SMILES string of the molecule is C=CC(=O)N1CCC[C@@H](n2nc(C#CCOc3ccc(F)cc3)c3c(N)ncnc32)C1. The van der Waals surface area contributed by atoms with E-state index in [-0.39, 0.29) is 30.2 Å². The lowest BCUT2D eigenvalue weighted by molar-refractivity contribution is -0.127. The number of hydrogen-bond donors (Lipinski definition) is 1. The summed E-state index contributed by atoms with van der Waals surface area (Å²) < 4.78 is 20.3. The van der Waals surface area contributed by atoms with Crippen LogP contribution in [-0.2, 0) is 4.79 Å². The average molecular weight is 420 g/mol. The number of piperidine rings is 1. The third-order valence-corrected chi connectivity index (χ3v) is 5.08. The van der Waals surface area contributed by atoms with Crippen molar-refractivity contribution in [1.29, 1.82) is 0 Å². The van der Waals surface area contributed by atoms with Crippen LogP contribution in [0.5, 0.6) is 5.75 Å². The zero-order valence-corrected chi connectivity index (χ0v) is 16.8. The summed E-state index contributed by atoms with van der Waals surface area (Å²) in [4.78, 5) is 22.2. The second kappa shape index (κ2) is 8.83. The number of nitrogen functional groups attached to an aromatic ring is 1. The molecule has 0 bridgehead atoms. The van der Waals surface area contributed by atoms with Crippen LogP contribution in [0.2, 0.25) is 0 Å². The van der Waals surface area contributed by atoms with E-state index in [2.05, 4.69) is 33.5 Å². The molecule has 1 fully saturated rings. The summed E-state index contributed by atoms with van der Waals surface area (Å²) in [7, 11) is 0. The molecule has 1 amide bonds. The molecule has 2 N–H and O–H groups in total. The Morgan fingerprint density at radius 1 is 1.35 bits per heavy atom. The summed E-state index contributed by atoms with van der Waals surface area (Å²) in [6.07, 6.45) is 4.41. The van der Waals surface area contributed by atoms with Crippen LogP contribution in [0.1, 0.15) is 24.6 Å². The molecule has 0 saturated carbocycles. The van der Waals surface area contributed by atoms with Gasteiger partial charge in [-0.05, 0) is 49.1 Å². The van der Waals surface area contributed by atoms with E-state index in [0.29, 0.717) is 35.6 Å². The molecule has 31 heavy (non-hydrogen) atoms. The van der Waals surface area contributed by atoms with Gasteiger partial charge in [-0.3, -0.25) is 4.79 Å². The molecule has 0 spiro atoms. The van der Waals surface area contributed by atoms with Gasteiger partial charge in [0.1, 0.15) is 36.0 Å². The number of aromatic nitrogens is 4. The Morgan fingerprint density at radius 2 is 2.16 bits per heavy atom. The van der Waals surface area contributed by atoms with Crippen LogP contribution >= 0.6 is 0 Å². The van der Waals surface area contributed by atoms with Crippen molar-refractivity contribution in [2.24, 2.45) is 0 Å². The van der Waals surface area contributed by atoms with Crippen molar-refractivity contribution in [3.63, 3.8) is 0 Å². The molecule has 1 aromatic carbocycles. The number of hydrogen-bond acceptors (Lipinski definition) is 6. The van der Waals surface area contributed by atoms with Gasteiger partial charge < -0.3 is 15.4 Å². The monoisotopic (exact) mass is 420 g/mol. The van der Waals surface area contributed by atoms with Crippen LogP contribution in [0, 0.1) is 17.7 Å². The number of rotatable bonds is 4. The van der Waals surface area contributed by atoms with Crippen molar-refractivity contribution in [3.8, 4) is 17.6 Å². The van der Waals surface area contributed by atoms with Crippen LogP contribution in [-0.4, -0.2) is 50.3 Å². The van der Waals surface area contributed by atoms with Gasteiger partial charge in [0.15, 0.2) is 5.65 Å². The van der Waals surface area contributed by atoms with Gasteiger partial charge in [-0.25, -0.2) is 19.0 Å². The number of benzene rings is 1. The Bertz CT molecular complexity index is 1180. The Hall–Kier alpha value is -3.93. The maximum Gasteiger partial charge on any atom is 0.246 e. The number of carbonyl (C=O) groups is 1. The molecule has 4 rings (SSSR count). The average Bonchev–Trinajstić information content (AvgIpc) is 3.17. The van der Waals surface area contributed by atoms with Crippen LogP contribution in [0.25, 0.3) is 11.0 Å². The van der Waals surface area contributed by atoms with E-state index in [0.717, 1.165) is 12.8 Å². The minimum atomic E-state index is -0.331. The third-order valence-electron chi connectivity index (χ3n) is 5.08. The molecule has 3 aromatic rings. The number of carbonyl (C=O) groups excluding carboxylic acids is 1. The summed E-state index contributed by atoms with van der Waals surface area (Å²) in [6.45, 7) is 4.86. The zero-order valence-electron chi connectivity index (χ0n) is 16.8. The number of amides is 1. The predicted octanol–water partition coefficient (Wildman–Crippen LogP) is 2.33. The summed E-state index contributed by atoms with van der Waals surface area (Å²) in [6, 6.07) is 5.65. The first-order valence-corrected chi connectivity index (χ1v) is 9.84. The van der Waals surface area contributed by atoms with Gasteiger partial charge >= 0.3 is 0 Å². The topological polar surface area (TPSA) is 99.2 Å². The van der Waals surface area contributed by atoms with Gasteiger partial charge in [0.25, 0.3) is 0 Å². The predicted molar refractivity (Wildman–Crippen MR) is 114 cm³/mol. The van der Waals surface area contributed by atoms with E-state index < -0.39 is 0 Å². The van der Waals surface area contributed by atoms with Crippen LogP contribution in [0.3, 0.4) is 0 Å². The number of ether oxygens (including phenoxy) is 1. The van der Waals surface area contributed by atoms with E-state index in [4.69, 9.17) is 10.5 Å². The van der Waals surface area contributed by atoms with E-state index in [1.54, 1.807) is 9.58 Å². The van der Waals surface area contributed by atoms with Crippen LogP contribution < -0.4 is 10.5 Å². The Morgan fingerprint density at radius 3 is 2.94 bits per heavy atom. The summed E-state index contributed by atoms with van der Waals surface area (Å²) in [5.74, 6) is 6.25. The summed E-state index contributed by atoms with van der Waals surface area (Å²) >= 11 is 0. The Labute approximate surface area is 178 Å². The molecule has 1 aliphatic heterocycles. The lowest BCUT2D eigenvalue weighted by atomic mass is 10.1. The molecule has 2 aromatic heterocycles. The molecule has 158 valence electrons. The van der Waals surface area contributed by atoms with Gasteiger partial charge in [-0.15, -0.1) is 0 Å². The number of nitrogens with zero attached hydrogens (tertiary/aromatic N) is 5. The molecular weight excluding hydrogens is 399 g/mol. The zero-order chi connectivity index (χ0) is 21.8. The molecule has 1 atom stereocenters. The normalized spacial score (nSPS) is 15.9. The van der Waals surface area contributed by atoms with E-state index >= 15 is 0 Å². The molecular formula is C22H21FN6O2. The molecule has 9 heteroatoms. The van der Waals surface area contributed by atoms with Gasteiger partial charge in [-0.1, -0.05) is 12.5 Å². The molecule has 8 nitrogen and oxygen atoms in total. The van der Waals surface area contributed by atoms with Gasteiger partial charge in [0.05, 0.1) is 11.4 Å². The second-order valence-electron chi connectivity index (χ2n) is 7.08. The second-order valence-corrected chi connectivity index (χ2v) is 7.08. The van der Waals surface area contributed by atoms with Crippen LogP contribution in [0.4, 0.5) is 10.2 Å². The number of anilines is 1. The Kier molecular flexibility index (Phi) is 5.80. The summed E-state index contributed by atoms with van der Waals surface area (Å²) in [5, 5.41) is 5.21. The first-order valence-electron chi connectivity index (χ1n) is 9.84. The number of fused-ring (bicyclic) bond motifs is 1. The van der Waals surface area contributed by atoms with Crippen molar-refractivity contribution in [3.05, 3.63) is 54.8 Å². The first kappa shape index (κ1) is 20.3. The fourth-order valence-electron chi connectivity index (χ4n) is 3.59. The highest BCUT2D eigenvalue weighted by molar-refractivity contribution is 5.90. The molecule has 1 aliphatic rings. The fraction of sp³-hybridized carbons (Fsp3) is 0.273. The quantitative estimate of drug-likeness (QED) is 0.514. The highest BCUT2D eigenvalue weighted by Crippen LogP contribution is 2.28. The van der Waals surface area contributed by atoms with Gasteiger partial charge in [0, 0.05) is 13.1 Å². The molecule has 0 unspecified atom stereocenters. The van der Waals surface area contributed by atoms with Crippen molar-refractivity contribution in [2.75, 3.05) is 25.4 Å². The first-order chi connectivity index (χ1) is 15.1. The summed E-state index contributed by atoms with van der Waals surface area (Å²) in [5.41, 5.74) is 7.11. The number of likely N-dealkylation sites (tertiary alicyclic amines) is 1. The van der Waals surface area contributed by atoms with Crippen molar-refractivity contribution < 1.29 is 13.9 Å². The van der Waals surface area contributed by atoms with E-state index in [1.165, 1.54) is 36.7 Å². The highest BCUT2D eigenvalue weighted by atomic mass is 19.1. The van der Waals surface area contributed by atoms with E-state index in [1.807, 2.05) is 0 Å². The van der Waals surface area contributed by atoms with Crippen molar-refractivity contribution in [1.82, 2.24) is 24.6 Å². The maximum atomic E-state index is 13.0. The largest absolute Gasteiger partial charge is 0.481 e.